The molecule has 2 aromatic rings. The zero-order chi connectivity index (χ0) is 19.6. The van der Waals surface area contributed by atoms with E-state index < -0.39 is 11.5 Å². The van der Waals surface area contributed by atoms with Gasteiger partial charge in [-0.3, -0.25) is 4.79 Å². The number of piperidine rings is 1. The van der Waals surface area contributed by atoms with E-state index in [-0.39, 0.29) is 12.5 Å². The molecule has 2 N–H and O–H groups in total. The molecule has 0 saturated carbocycles. The largest absolute Gasteiger partial charge is 0.396 e. The van der Waals surface area contributed by atoms with Crippen LogP contribution in [0.15, 0.2) is 6.33 Å². The molecular weight excluding hydrogens is 346 g/mol. The van der Waals surface area contributed by atoms with E-state index in [9.17, 15) is 15.0 Å². The van der Waals surface area contributed by atoms with Crippen LogP contribution in [0, 0.1) is 19.3 Å². The smallest absolute Gasteiger partial charge is 0.252 e. The Morgan fingerprint density at radius 1 is 1.41 bits per heavy atom. The van der Waals surface area contributed by atoms with Crippen molar-refractivity contribution in [2.75, 3.05) is 19.7 Å². The van der Waals surface area contributed by atoms with Crippen molar-refractivity contribution < 1.29 is 15.0 Å². The third-order valence-electron chi connectivity index (χ3n) is 5.88. The van der Waals surface area contributed by atoms with Crippen LogP contribution in [0.1, 0.15) is 49.6 Å². The minimum absolute atomic E-state index is 0.0494. The molecule has 1 saturated heterocycles. The number of fused-ring (bicyclic) bond motifs is 1. The van der Waals surface area contributed by atoms with Gasteiger partial charge >= 0.3 is 0 Å². The number of hydrogen-bond acceptors (Lipinski definition) is 6. The fraction of sp³-hybridized carbons (Fsp3) is 0.684. The normalized spacial score (nSPS) is 23.1. The average molecular weight is 375 g/mol. The van der Waals surface area contributed by atoms with Crippen molar-refractivity contribution in [1.82, 2.24) is 24.5 Å². The van der Waals surface area contributed by atoms with Crippen LogP contribution in [0.25, 0.3) is 5.78 Å². The Labute approximate surface area is 159 Å². The lowest BCUT2D eigenvalue weighted by Crippen LogP contribution is -2.55. The monoisotopic (exact) mass is 375 g/mol. The first kappa shape index (κ1) is 19.7. The van der Waals surface area contributed by atoms with Crippen molar-refractivity contribution in [3.05, 3.63) is 23.3 Å². The van der Waals surface area contributed by atoms with Crippen LogP contribution in [0.2, 0.25) is 0 Å². The van der Waals surface area contributed by atoms with Crippen LogP contribution in [0.3, 0.4) is 0 Å². The second-order valence-electron chi connectivity index (χ2n) is 7.62. The Balaban J connectivity index is 1.71. The number of aromatic nitrogens is 4. The molecule has 3 heterocycles. The lowest BCUT2D eigenvalue weighted by atomic mass is 9.74. The van der Waals surface area contributed by atoms with Gasteiger partial charge in [-0.15, -0.1) is 0 Å². The number of hydrogen-bond donors (Lipinski definition) is 2. The van der Waals surface area contributed by atoms with E-state index in [2.05, 4.69) is 15.1 Å². The SMILES string of the molecule is CCC[C@@]1(CO)CN(C(=O)CCc2c(C)nc3ncnn3c2C)CC[C@@H]1O. The molecule has 1 fully saturated rings. The summed E-state index contributed by atoms with van der Waals surface area (Å²) in [7, 11) is 0. The molecule has 0 bridgehead atoms. The molecule has 2 atom stereocenters. The number of nitrogens with zero attached hydrogens (tertiary/aromatic N) is 5. The van der Waals surface area contributed by atoms with E-state index in [1.807, 2.05) is 20.8 Å². The molecule has 8 heteroatoms. The lowest BCUT2D eigenvalue weighted by Gasteiger charge is -2.45. The Morgan fingerprint density at radius 2 is 2.19 bits per heavy atom. The van der Waals surface area contributed by atoms with E-state index >= 15 is 0 Å². The van der Waals surface area contributed by atoms with Crippen LogP contribution in [0.5, 0.6) is 0 Å². The summed E-state index contributed by atoms with van der Waals surface area (Å²) in [6, 6.07) is 0. The number of likely N-dealkylation sites (tertiary alicyclic amines) is 1. The lowest BCUT2D eigenvalue weighted by molar-refractivity contribution is -0.142. The molecule has 27 heavy (non-hydrogen) atoms. The fourth-order valence-corrected chi connectivity index (χ4v) is 4.25. The molecule has 0 aliphatic carbocycles. The van der Waals surface area contributed by atoms with Gasteiger partial charge in [-0.05, 0) is 38.7 Å². The van der Waals surface area contributed by atoms with Gasteiger partial charge in [-0.25, -0.2) is 9.50 Å². The highest BCUT2D eigenvalue weighted by Gasteiger charge is 2.42. The number of aliphatic hydroxyl groups excluding tert-OH is 2. The van der Waals surface area contributed by atoms with Gasteiger partial charge in [0.2, 0.25) is 5.91 Å². The Kier molecular flexibility index (Phi) is 5.76. The van der Waals surface area contributed by atoms with Crippen molar-refractivity contribution in [1.29, 1.82) is 0 Å². The Bertz CT molecular complexity index is 821. The third-order valence-corrected chi connectivity index (χ3v) is 5.88. The minimum Gasteiger partial charge on any atom is -0.396 e. The van der Waals surface area contributed by atoms with Crippen molar-refractivity contribution in [2.45, 2.75) is 59.0 Å². The first-order valence-electron chi connectivity index (χ1n) is 9.64. The van der Waals surface area contributed by atoms with Gasteiger partial charge in [0.05, 0.1) is 12.7 Å². The second kappa shape index (κ2) is 7.90. The van der Waals surface area contributed by atoms with E-state index in [4.69, 9.17) is 0 Å². The van der Waals surface area contributed by atoms with E-state index in [1.165, 1.54) is 6.33 Å². The molecule has 8 nitrogen and oxygen atoms in total. The topological polar surface area (TPSA) is 104 Å². The van der Waals surface area contributed by atoms with Crippen LogP contribution in [-0.2, 0) is 11.2 Å². The zero-order valence-corrected chi connectivity index (χ0v) is 16.4. The predicted molar refractivity (Wildman–Crippen MR) is 100 cm³/mol. The number of amides is 1. The molecule has 0 aromatic carbocycles. The number of aliphatic hydroxyl groups is 2. The number of carbonyl (C=O) groups excluding carboxylic acids is 1. The summed E-state index contributed by atoms with van der Waals surface area (Å²) in [6.45, 7) is 6.77. The zero-order valence-electron chi connectivity index (χ0n) is 16.4. The van der Waals surface area contributed by atoms with Crippen molar-refractivity contribution in [3.8, 4) is 0 Å². The average Bonchev–Trinajstić information content (AvgIpc) is 3.12. The molecular formula is C19H29N5O3. The molecule has 1 aliphatic heterocycles. The molecule has 1 aliphatic rings. The summed E-state index contributed by atoms with van der Waals surface area (Å²) in [6.07, 6.45) is 3.95. The maximum absolute atomic E-state index is 12.8. The van der Waals surface area contributed by atoms with Crippen LogP contribution in [-0.4, -0.2) is 66.4 Å². The van der Waals surface area contributed by atoms with E-state index in [0.717, 1.165) is 23.4 Å². The predicted octanol–water partition coefficient (Wildman–Crippen LogP) is 1.05. The fourth-order valence-electron chi connectivity index (χ4n) is 4.25. The van der Waals surface area contributed by atoms with Crippen LogP contribution >= 0.6 is 0 Å². The van der Waals surface area contributed by atoms with E-state index in [1.54, 1.807) is 9.42 Å². The highest BCUT2D eigenvalue weighted by molar-refractivity contribution is 5.76. The van der Waals surface area contributed by atoms with Gasteiger partial charge in [0, 0.05) is 36.3 Å². The molecule has 3 rings (SSSR count). The molecule has 2 aromatic heterocycles. The molecule has 1 amide bonds. The van der Waals surface area contributed by atoms with Gasteiger partial charge in [0.1, 0.15) is 6.33 Å². The first-order valence-corrected chi connectivity index (χ1v) is 9.64. The summed E-state index contributed by atoms with van der Waals surface area (Å²) in [5.41, 5.74) is 2.23. The third kappa shape index (κ3) is 3.68. The van der Waals surface area contributed by atoms with Crippen molar-refractivity contribution in [3.63, 3.8) is 0 Å². The van der Waals surface area contributed by atoms with Crippen LogP contribution in [0.4, 0.5) is 0 Å². The Hall–Kier alpha value is -2.06. The van der Waals surface area contributed by atoms with E-state index in [0.29, 0.717) is 44.6 Å². The highest BCUT2D eigenvalue weighted by Crippen LogP contribution is 2.35. The first-order chi connectivity index (χ1) is 12.9. The van der Waals surface area contributed by atoms with Gasteiger partial charge < -0.3 is 15.1 Å². The summed E-state index contributed by atoms with van der Waals surface area (Å²) in [5.74, 6) is 0.616. The maximum atomic E-state index is 12.8. The highest BCUT2D eigenvalue weighted by atomic mass is 16.3. The molecule has 0 unspecified atom stereocenters. The number of aryl methyl sites for hydroxylation is 2. The maximum Gasteiger partial charge on any atom is 0.252 e. The number of rotatable bonds is 6. The Morgan fingerprint density at radius 3 is 2.89 bits per heavy atom. The van der Waals surface area contributed by atoms with Crippen LogP contribution < -0.4 is 0 Å². The van der Waals surface area contributed by atoms with Gasteiger partial charge in [0.25, 0.3) is 5.78 Å². The van der Waals surface area contributed by atoms with Gasteiger partial charge in [-0.2, -0.15) is 10.1 Å². The quantitative estimate of drug-likeness (QED) is 0.782. The van der Waals surface area contributed by atoms with Crippen molar-refractivity contribution >= 4 is 11.7 Å². The minimum atomic E-state index is -0.601. The molecule has 0 spiro atoms. The molecule has 0 radical (unpaired) electrons. The summed E-state index contributed by atoms with van der Waals surface area (Å²) in [4.78, 5) is 23.2. The summed E-state index contributed by atoms with van der Waals surface area (Å²) < 4.78 is 1.70. The van der Waals surface area contributed by atoms with Gasteiger partial charge in [0.15, 0.2) is 0 Å². The summed E-state index contributed by atoms with van der Waals surface area (Å²) in [5, 5.41) is 24.5. The number of carbonyl (C=O) groups is 1. The molecule has 148 valence electrons. The van der Waals surface area contributed by atoms with Crippen molar-refractivity contribution in [2.24, 2.45) is 5.41 Å². The second-order valence-corrected chi connectivity index (χ2v) is 7.62. The summed E-state index contributed by atoms with van der Waals surface area (Å²) >= 11 is 0. The standard InChI is InChI=1S/C19H29N5O3/c1-4-8-19(11-25)10-23(9-7-16(19)26)17(27)6-5-15-13(2)22-18-20-12-21-24(18)14(15)3/h12,16,25-26H,4-11H2,1-3H3/t16-,19-/m0/s1. The van der Waals surface area contributed by atoms with Gasteiger partial charge in [-0.1, -0.05) is 13.3 Å².